The lowest BCUT2D eigenvalue weighted by Gasteiger charge is -2.20. The molecule has 2 N–H and O–H groups in total. The van der Waals surface area contributed by atoms with Crippen LogP contribution >= 0.6 is 0 Å². The van der Waals surface area contributed by atoms with Crippen molar-refractivity contribution in [2.24, 2.45) is 0 Å². The number of benzene rings is 1. The van der Waals surface area contributed by atoms with E-state index in [2.05, 4.69) is 4.74 Å². The maximum absolute atomic E-state index is 12.6. The summed E-state index contributed by atoms with van der Waals surface area (Å²) in [5.41, 5.74) is 5.52. The zero-order chi connectivity index (χ0) is 14.8. The van der Waals surface area contributed by atoms with Crippen LogP contribution in [0.15, 0.2) is 18.2 Å². The third-order valence-electron chi connectivity index (χ3n) is 2.24. The van der Waals surface area contributed by atoms with Gasteiger partial charge in [0.1, 0.15) is 5.75 Å². The molecule has 0 fully saturated rings. The maximum atomic E-state index is 12.6. The summed E-state index contributed by atoms with van der Waals surface area (Å²) in [7, 11) is 0. The molecule has 0 saturated heterocycles. The molecule has 0 aliphatic rings. The van der Waals surface area contributed by atoms with Crippen molar-refractivity contribution in [3.63, 3.8) is 0 Å². The van der Waals surface area contributed by atoms with Gasteiger partial charge in [-0.1, -0.05) is 0 Å². The maximum Gasteiger partial charge on any atom is 0.456 e. The average molecular weight is 283 g/mol. The largest absolute Gasteiger partial charge is 0.487 e. The van der Waals surface area contributed by atoms with E-state index in [0.29, 0.717) is 0 Å². The number of anilines is 1. The molecule has 3 nitrogen and oxygen atoms in total. The summed E-state index contributed by atoms with van der Waals surface area (Å²) in [6.45, 7) is -0.612. The third-order valence-corrected chi connectivity index (χ3v) is 2.24. The van der Waals surface area contributed by atoms with Gasteiger partial charge in [-0.05, 0) is 19.1 Å². The molecular weight excluding hydrogens is 273 g/mol. The number of ketones is 1. The number of hydrogen-bond acceptors (Lipinski definition) is 3. The third kappa shape index (κ3) is 3.55. The van der Waals surface area contributed by atoms with E-state index in [9.17, 15) is 26.7 Å². The van der Waals surface area contributed by atoms with Crippen molar-refractivity contribution >= 4 is 11.5 Å². The number of nitrogens with two attached hydrogens (primary N) is 1. The predicted molar refractivity (Wildman–Crippen MR) is 57.4 cm³/mol. The van der Waals surface area contributed by atoms with Gasteiger partial charge in [-0.2, -0.15) is 22.0 Å². The van der Waals surface area contributed by atoms with Gasteiger partial charge in [0.15, 0.2) is 12.4 Å². The fourth-order valence-corrected chi connectivity index (χ4v) is 1.21. The first-order valence-corrected chi connectivity index (χ1v) is 5.02. The van der Waals surface area contributed by atoms with Crippen molar-refractivity contribution < 1.29 is 31.5 Å². The highest BCUT2D eigenvalue weighted by atomic mass is 19.4. The Bertz CT molecular complexity index is 484. The Morgan fingerprint density at radius 3 is 2.26 bits per heavy atom. The van der Waals surface area contributed by atoms with Crippen LogP contribution in [0, 0.1) is 0 Å². The van der Waals surface area contributed by atoms with E-state index in [4.69, 9.17) is 5.73 Å². The van der Waals surface area contributed by atoms with Crippen molar-refractivity contribution in [3.8, 4) is 5.75 Å². The molecular formula is C11H10F5NO2. The van der Waals surface area contributed by atoms with Crippen LogP contribution in [0.3, 0.4) is 0 Å². The van der Waals surface area contributed by atoms with Gasteiger partial charge in [0, 0.05) is 17.3 Å². The number of halogens is 5. The zero-order valence-electron chi connectivity index (χ0n) is 9.72. The Morgan fingerprint density at radius 1 is 1.26 bits per heavy atom. The normalized spacial score (nSPS) is 12.3. The fraction of sp³-hybridized carbons (Fsp3) is 0.364. The molecule has 0 heterocycles. The Balaban J connectivity index is 2.80. The van der Waals surface area contributed by atoms with Crippen LogP contribution in [0.25, 0.3) is 0 Å². The van der Waals surface area contributed by atoms with E-state index >= 15 is 0 Å². The molecule has 106 valence electrons. The molecule has 0 saturated carbocycles. The second kappa shape index (κ2) is 5.02. The summed E-state index contributed by atoms with van der Waals surface area (Å²) in [5, 5.41) is 0. The van der Waals surface area contributed by atoms with Crippen LogP contribution in [0.5, 0.6) is 5.75 Å². The smallest absolute Gasteiger partial charge is 0.456 e. The van der Waals surface area contributed by atoms with Crippen LogP contribution in [-0.4, -0.2) is 24.5 Å². The SMILES string of the molecule is CC(=O)c1ccc(OCC(F)(F)C(F)(F)F)cc1N. The number of carbonyl (C=O) groups is 1. The van der Waals surface area contributed by atoms with Gasteiger partial charge in [0.25, 0.3) is 0 Å². The molecule has 0 aliphatic heterocycles. The summed E-state index contributed by atoms with van der Waals surface area (Å²) >= 11 is 0. The van der Waals surface area contributed by atoms with E-state index in [1.165, 1.54) is 13.0 Å². The lowest BCUT2D eigenvalue weighted by molar-refractivity contribution is -0.290. The Hall–Kier alpha value is -1.86. The molecule has 1 aromatic rings. The molecule has 0 amide bonds. The van der Waals surface area contributed by atoms with Gasteiger partial charge >= 0.3 is 12.1 Å². The van der Waals surface area contributed by atoms with E-state index in [1.54, 1.807) is 0 Å². The Morgan fingerprint density at radius 2 is 1.84 bits per heavy atom. The van der Waals surface area contributed by atoms with E-state index in [0.717, 1.165) is 12.1 Å². The minimum absolute atomic E-state index is 0.0553. The molecule has 1 rings (SSSR count). The summed E-state index contributed by atoms with van der Waals surface area (Å²) in [6.07, 6.45) is -5.68. The van der Waals surface area contributed by atoms with Crippen LogP contribution in [0.2, 0.25) is 0 Å². The minimum atomic E-state index is -5.68. The van der Waals surface area contributed by atoms with Gasteiger partial charge < -0.3 is 10.5 Å². The molecule has 0 aliphatic carbocycles. The summed E-state index contributed by atoms with van der Waals surface area (Å²) in [5.74, 6) is -5.59. The number of rotatable bonds is 4. The van der Waals surface area contributed by atoms with Gasteiger partial charge in [0.2, 0.25) is 0 Å². The second-order valence-electron chi connectivity index (χ2n) is 3.80. The molecule has 19 heavy (non-hydrogen) atoms. The van der Waals surface area contributed by atoms with Crippen LogP contribution in [0.1, 0.15) is 17.3 Å². The van der Waals surface area contributed by atoms with Gasteiger partial charge in [0.05, 0.1) is 0 Å². The molecule has 0 radical (unpaired) electrons. The number of carbonyl (C=O) groups excluding carboxylic acids is 1. The molecule has 0 atom stereocenters. The number of alkyl halides is 5. The number of hydrogen-bond donors (Lipinski definition) is 1. The topological polar surface area (TPSA) is 52.3 Å². The van der Waals surface area contributed by atoms with E-state index < -0.39 is 18.7 Å². The molecule has 1 aromatic carbocycles. The van der Waals surface area contributed by atoms with E-state index in [1.807, 2.05) is 0 Å². The minimum Gasteiger partial charge on any atom is -0.487 e. The second-order valence-corrected chi connectivity index (χ2v) is 3.80. The molecule has 0 spiro atoms. The van der Waals surface area contributed by atoms with Crippen molar-refractivity contribution in [2.45, 2.75) is 19.0 Å². The lowest BCUT2D eigenvalue weighted by Crippen LogP contribution is -2.41. The molecule has 0 unspecified atom stereocenters. The van der Waals surface area contributed by atoms with Gasteiger partial charge in [-0.25, -0.2) is 0 Å². The standard InChI is InChI=1S/C11H10F5NO2/c1-6(18)8-3-2-7(4-9(8)17)19-5-10(12,13)11(14,15)16/h2-4H,5,17H2,1H3. The van der Waals surface area contributed by atoms with E-state index in [-0.39, 0.29) is 22.8 Å². The molecule has 0 bridgehead atoms. The number of nitrogen functional groups attached to an aromatic ring is 1. The fourth-order valence-electron chi connectivity index (χ4n) is 1.21. The van der Waals surface area contributed by atoms with Crippen molar-refractivity contribution in [2.75, 3.05) is 12.3 Å². The first-order chi connectivity index (χ1) is 8.54. The summed E-state index contributed by atoms with van der Waals surface area (Å²) < 4.78 is 65.2. The van der Waals surface area contributed by atoms with Gasteiger partial charge in [-0.15, -0.1) is 0 Å². The lowest BCUT2D eigenvalue weighted by atomic mass is 10.1. The molecule has 0 aromatic heterocycles. The number of ether oxygens (including phenoxy) is 1. The van der Waals surface area contributed by atoms with Crippen LogP contribution in [-0.2, 0) is 0 Å². The summed E-state index contributed by atoms with van der Waals surface area (Å²) in [6, 6.07) is 3.31. The average Bonchev–Trinajstić information content (AvgIpc) is 2.24. The van der Waals surface area contributed by atoms with Gasteiger partial charge in [-0.3, -0.25) is 4.79 Å². The van der Waals surface area contributed by atoms with Crippen LogP contribution in [0.4, 0.5) is 27.6 Å². The van der Waals surface area contributed by atoms with Crippen molar-refractivity contribution in [3.05, 3.63) is 23.8 Å². The Kier molecular flexibility index (Phi) is 4.02. The highest BCUT2D eigenvalue weighted by Gasteiger charge is 2.58. The Labute approximate surface area is 105 Å². The van der Waals surface area contributed by atoms with Crippen molar-refractivity contribution in [1.29, 1.82) is 0 Å². The first-order valence-electron chi connectivity index (χ1n) is 5.02. The monoisotopic (exact) mass is 283 g/mol. The van der Waals surface area contributed by atoms with Crippen molar-refractivity contribution in [1.82, 2.24) is 0 Å². The summed E-state index contributed by atoms with van der Waals surface area (Å²) in [4.78, 5) is 11.0. The zero-order valence-corrected chi connectivity index (χ0v) is 9.72. The predicted octanol–water partition coefficient (Wildman–Crippen LogP) is 3.05. The molecule has 8 heteroatoms. The quantitative estimate of drug-likeness (QED) is 0.525. The number of Topliss-reactive ketones (excluding diaryl/α,β-unsaturated/α-hetero) is 1. The highest BCUT2D eigenvalue weighted by Crippen LogP contribution is 2.36. The van der Waals surface area contributed by atoms with Crippen LogP contribution < -0.4 is 10.5 Å². The first kappa shape index (κ1) is 15.2. The highest BCUT2D eigenvalue weighted by molar-refractivity contribution is 5.99.